The van der Waals surface area contributed by atoms with Crippen LogP contribution in [-0.4, -0.2) is 19.4 Å². The van der Waals surface area contributed by atoms with Crippen molar-refractivity contribution in [2.45, 2.75) is 10.1 Å². The summed E-state index contributed by atoms with van der Waals surface area (Å²) < 4.78 is 1.79. The lowest BCUT2D eigenvalue weighted by Crippen LogP contribution is -1.96. The molecule has 0 saturated carbocycles. The van der Waals surface area contributed by atoms with Gasteiger partial charge in [0, 0.05) is 47.2 Å². The maximum absolute atomic E-state index is 10.7. The van der Waals surface area contributed by atoms with Gasteiger partial charge in [-0.2, -0.15) is 0 Å². The number of nitrogens with zero attached hydrogens (tertiary/aromatic N) is 4. The van der Waals surface area contributed by atoms with Gasteiger partial charge in [0.05, 0.1) is 9.85 Å². The van der Waals surface area contributed by atoms with Crippen LogP contribution in [-0.2, 0) is 0 Å². The number of hydrogen-bond donors (Lipinski definition) is 0. The summed E-state index contributed by atoms with van der Waals surface area (Å²) in [5, 5.41) is 22.0. The number of nitro benzene ring substituents is 2. The first-order valence-corrected chi connectivity index (χ1v) is 7.57. The minimum Gasteiger partial charge on any atom is -0.295 e. The van der Waals surface area contributed by atoms with Crippen LogP contribution in [0.25, 0.3) is 5.69 Å². The van der Waals surface area contributed by atoms with Gasteiger partial charge in [0.2, 0.25) is 0 Å². The zero-order valence-corrected chi connectivity index (χ0v) is 12.9. The molecule has 24 heavy (non-hydrogen) atoms. The largest absolute Gasteiger partial charge is 0.295 e. The number of imidazole rings is 1. The van der Waals surface area contributed by atoms with Crippen LogP contribution in [0.4, 0.5) is 11.4 Å². The van der Waals surface area contributed by atoms with Crippen molar-refractivity contribution in [2.24, 2.45) is 0 Å². The van der Waals surface area contributed by atoms with Gasteiger partial charge in [-0.05, 0) is 24.3 Å². The quantitative estimate of drug-likeness (QED) is 0.515. The van der Waals surface area contributed by atoms with Crippen molar-refractivity contribution in [3.63, 3.8) is 0 Å². The van der Waals surface area contributed by atoms with Gasteiger partial charge in [0.25, 0.3) is 11.4 Å². The summed E-state index contributed by atoms with van der Waals surface area (Å²) in [4.78, 5) is 25.6. The standard InChI is InChI=1S/C15H10N4O4S/c20-18(21)12-3-1-11(2-4-12)17-10-9-16-15(17)24-14-7-5-13(6-8-14)19(22)23/h1-10H. The number of rotatable bonds is 5. The van der Waals surface area contributed by atoms with E-state index in [0.29, 0.717) is 5.16 Å². The molecule has 2 aromatic carbocycles. The SMILES string of the molecule is O=[N+]([O-])c1ccc(Sc2nccn2-c2ccc([N+](=O)[O-])cc2)cc1. The lowest BCUT2D eigenvalue weighted by molar-refractivity contribution is -0.385. The summed E-state index contributed by atoms with van der Waals surface area (Å²) in [6.45, 7) is 0. The summed E-state index contributed by atoms with van der Waals surface area (Å²) in [6.07, 6.45) is 3.37. The van der Waals surface area contributed by atoms with Crippen LogP contribution in [0.1, 0.15) is 0 Å². The molecule has 0 aliphatic carbocycles. The molecule has 0 saturated heterocycles. The highest BCUT2D eigenvalue weighted by Crippen LogP contribution is 2.29. The van der Waals surface area contributed by atoms with Crippen LogP contribution in [0.5, 0.6) is 0 Å². The van der Waals surface area contributed by atoms with Crippen LogP contribution in [0.15, 0.2) is 71.0 Å². The minimum atomic E-state index is -0.454. The molecule has 8 nitrogen and oxygen atoms in total. The molecule has 0 bridgehead atoms. The number of aromatic nitrogens is 2. The number of non-ortho nitro benzene ring substituents is 2. The fourth-order valence-electron chi connectivity index (χ4n) is 2.04. The van der Waals surface area contributed by atoms with E-state index in [0.717, 1.165) is 10.6 Å². The number of benzene rings is 2. The van der Waals surface area contributed by atoms with Gasteiger partial charge in [-0.3, -0.25) is 24.8 Å². The molecule has 0 aliphatic rings. The van der Waals surface area contributed by atoms with Crippen LogP contribution in [0.3, 0.4) is 0 Å². The lowest BCUT2D eigenvalue weighted by Gasteiger charge is -2.07. The van der Waals surface area contributed by atoms with E-state index in [1.165, 1.54) is 36.0 Å². The number of hydrogen-bond acceptors (Lipinski definition) is 6. The van der Waals surface area contributed by atoms with Gasteiger partial charge < -0.3 is 0 Å². The van der Waals surface area contributed by atoms with E-state index in [2.05, 4.69) is 4.98 Å². The Labute approximate surface area is 140 Å². The highest BCUT2D eigenvalue weighted by atomic mass is 32.2. The number of nitro groups is 2. The van der Waals surface area contributed by atoms with Gasteiger partial charge in [0.1, 0.15) is 0 Å². The predicted molar refractivity (Wildman–Crippen MR) is 87.4 cm³/mol. The van der Waals surface area contributed by atoms with Gasteiger partial charge in [0.15, 0.2) is 5.16 Å². The molecule has 0 amide bonds. The zero-order valence-electron chi connectivity index (χ0n) is 12.1. The second-order valence-electron chi connectivity index (χ2n) is 4.71. The molecule has 1 heterocycles. The van der Waals surface area contributed by atoms with Crippen LogP contribution < -0.4 is 0 Å². The van der Waals surface area contributed by atoms with E-state index < -0.39 is 9.85 Å². The third-order valence-electron chi connectivity index (χ3n) is 3.20. The van der Waals surface area contributed by atoms with Crippen LogP contribution in [0, 0.1) is 20.2 Å². The fourth-order valence-corrected chi connectivity index (χ4v) is 2.90. The topological polar surface area (TPSA) is 104 Å². The van der Waals surface area contributed by atoms with E-state index in [1.807, 2.05) is 0 Å². The van der Waals surface area contributed by atoms with E-state index in [9.17, 15) is 20.2 Å². The first-order chi connectivity index (χ1) is 11.5. The molecular weight excluding hydrogens is 332 g/mol. The van der Waals surface area contributed by atoms with Crippen molar-refractivity contribution in [3.05, 3.63) is 81.2 Å². The zero-order chi connectivity index (χ0) is 17.1. The summed E-state index contributed by atoms with van der Waals surface area (Å²) in [6, 6.07) is 12.3. The fraction of sp³-hybridized carbons (Fsp3) is 0. The maximum Gasteiger partial charge on any atom is 0.269 e. The highest BCUT2D eigenvalue weighted by Gasteiger charge is 2.11. The predicted octanol–water partition coefficient (Wildman–Crippen LogP) is 3.84. The van der Waals surface area contributed by atoms with Crippen molar-refractivity contribution in [3.8, 4) is 5.69 Å². The Kier molecular flexibility index (Phi) is 4.25. The van der Waals surface area contributed by atoms with E-state index >= 15 is 0 Å². The molecule has 3 aromatic rings. The molecule has 1 aromatic heterocycles. The molecule has 0 fully saturated rings. The highest BCUT2D eigenvalue weighted by molar-refractivity contribution is 7.99. The van der Waals surface area contributed by atoms with Crippen molar-refractivity contribution in [2.75, 3.05) is 0 Å². The first kappa shape index (κ1) is 15.7. The molecule has 0 atom stereocenters. The third kappa shape index (κ3) is 3.25. The molecule has 0 aliphatic heterocycles. The van der Waals surface area contributed by atoms with Crippen molar-refractivity contribution < 1.29 is 9.85 Å². The molecule has 0 N–H and O–H groups in total. The van der Waals surface area contributed by atoms with E-state index in [1.54, 1.807) is 41.2 Å². The first-order valence-electron chi connectivity index (χ1n) is 6.75. The normalized spacial score (nSPS) is 10.5. The Morgan fingerprint density at radius 1 is 0.875 bits per heavy atom. The van der Waals surface area contributed by atoms with Crippen molar-refractivity contribution >= 4 is 23.1 Å². The smallest absolute Gasteiger partial charge is 0.269 e. The summed E-state index contributed by atoms with van der Waals surface area (Å²) >= 11 is 1.34. The Morgan fingerprint density at radius 2 is 1.42 bits per heavy atom. The van der Waals surface area contributed by atoms with Gasteiger partial charge >= 0.3 is 0 Å². The third-order valence-corrected chi connectivity index (χ3v) is 4.19. The Bertz CT molecular complexity index is 891. The summed E-state index contributed by atoms with van der Waals surface area (Å²) in [5.41, 5.74) is 0.781. The molecule has 3 rings (SSSR count). The van der Waals surface area contributed by atoms with Crippen LogP contribution >= 0.6 is 11.8 Å². The van der Waals surface area contributed by atoms with Crippen molar-refractivity contribution in [1.29, 1.82) is 0 Å². The minimum absolute atomic E-state index is 0.0171. The second kappa shape index (κ2) is 6.50. The Hall–Kier alpha value is -3.20. The Morgan fingerprint density at radius 3 is 1.96 bits per heavy atom. The summed E-state index contributed by atoms with van der Waals surface area (Å²) in [5.74, 6) is 0. The average molecular weight is 342 g/mol. The monoisotopic (exact) mass is 342 g/mol. The van der Waals surface area contributed by atoms with Crippen LogP contribution in [0.2, 0.25) is 0 Å². The molecular formula is C15H10N4O4S. The molecule has 0 spiro atoms. The second-order valence-corrected chi connectivity index (χ2v) is 5.75. The molecule has 0 radical (unpaired) electrons. The average Bonchev–Trinajstić information content (AvgIpc) is 3.03. The lowest BCUT2D eigenvalue weighted by atomic mass is 10.3. The van der Waals surface area contributed by atoms with Crippen molar-refractivity contribution in [1.82, 2.24) is 9.55 Å². The summed E-state index contributed by atoms with van der Waals surface area (Å²) in [7, 11) is 0. The van der Waals surface area contributed by atoms with Gasteiger partial charge in [-0.1, -0.05) is 11.8 Å². The maximum atomic E-state index is 10.7. The van der Waals surface area contributed by atoms with E-state index in [4.69, 9.17) is 0 Å². The van der Waals surface area contributed by atoms with E-state index in [-0.39, 0.29) is 11.4 Å². The van der Waals surface area contributed by atoms with Gasteiger partial charge in [-0.25, -0.2) is 4.98 Å². The van der Waals surface area contributed by atoms with Gasteiger partial charge in [-0.15, -0.1) is 0 Å². The molecule has 9 heteroatoms. The molecule has 120 valence electrons. The molecule has 0 unspecified atom stereocenters. The Balaban J connectivity index is 1.84.